The van der Waals surface area contributed by atoms with Crippen LogP contribution in [-0.2, 0) is 0 Å². The first-order valence-electron chi connectivity index (χ1n) is 8.11. The third-order valence-electron chi connectivity index (χ3n) is 4.64. The highest BCUT2D eigenvalue weighted by Crippen LogP contribution is 2.42. The maximum atomic E-state index is 6.23. The van der Waals surface area contributed by atoms with Crippen molar-refractivity contribution in [2.24, 2.45) is 17.8 Å². The Morgan fingerprint density at radius 3 is 2.48 bits per heavy atom. The van der Waals surface area contributed by atoms with Crippen LogP contribution in [-0.4, -0.2) is 13.7 Å². The van der Waals surface area contributed by atoms with Crippen molar-refractivity contribution in [2.45, 2.75) is 46.1 Å². The lowest BCUT2D eigenvalue weighted by atomic mass is 9.72. The van der Waals surface area contributed by atoms with E-state index in [0.717, 1.165) is 29.2 Å². The normalized spacial score (nSPS) is 27.4. The first kappa shape index (κ1) is 16.6. The van der Waals surface area contributed by atoms with Gasteiger partial charge in [0.15, 0.2) is 0 Å². The Morgan fingerprint density at radius 2 is 1.90 bits per heavy atom. The lowest BCUT2D eigenvalue weighted by molar-refractivity contribution is 0.175. The molecule has 1 saturated carbocycles. The van der Waals surface area contributed by atoms with E-state index in [4.69, 9.17) is 16.3 Å². The molecule has 3 heteroatoms. The summed E-state index contributed by atoms with van der Waals surface area (Å²) in [4.78, 5) is 0. The largest absolute Gasteiger partial charge is 0.496 e. The van der Waals surface area contributed by atoms with Gasteiger partial charge in [0.1, 0.15) is 5.75 Å². The van der Waals surface area contributed by atoms with Gasteiger partial charge in [-0.05, 0) is 61.8 Å². The Labute approximate surface area is 134 Å². The minimum atomic E-state index is 0.328. The average molecular weight is 310 g/mol. The molecule has 3 atom stereocenters. The van der Waals surface area contributed by atoms with E-state index in [1.165, 1.54) is 24.8 Å². The number of nitrogens with one attached hydrogen (secondary N) is 1. The molecule has 0 radical (unpaired) electrons. The molecule has 0 spiro atoms. The van der Waals surface area contributed by atoms with Crippen LogP contribution in [0.4, 0.5) is 0 Å². The van der Waals surface area contributed by atoms with E-state index in [9.17, 15) is 0 Å². The molecule has 1 aliphatic rings. The number of ether oxygens (including phenoxy) is 1. The minimum absolute atomic E-state index is 0.328. The molecule has 2 nitrogen and oxygen atoms in total. The molecule has 0 heterocycles. The van der Waals surface area contributed by atoms with Crippen molar-refractivity contribution in [2.75, 3.05) is 13.7 Å². The summed E-state index contributed by atoms with van der Waals surface area (Å²) in [5.74, 6) is 3.18. The third-order valence-corrected chi connectivity index (χ3v) is 4.87. The van der Waals surface area contributed by atoms with Gasteiger partial charge >= 0.3 is 0 Å². The molecular weight excluding hydrogens is 282 g/mol. The van der Waals surface area contributed by atoms with Crippen molar-refractivity contribution in [3.63, 3.8) is 0 Å². The smallest absolute Gasteiger partial charge is 0.123 e. The Bertz CT molecular complexity index is 453. The van der Waals surface area contributed by atoms with Crippen molar-refractivity contribution >= 4 is 11.6 Å². The summed E-state index contributed by atoms with van der Waals surface area (Å²) in [6.07, 6.45) is 3.90. The van der Waals surface area contributed by atoms with Crippen LogP contribution in [0.2, 0.25) is 5.02 Å². The maximum Gasteiger partial charge on any atom is 0.123 e. The molecule has 2 rings (SSSR count). The van der Waals surface area contributed by atoms with Gasteiger partial charge in [-0.3, -0.25) is 0 Å². The standard InChI is InChI=1S/C18H28ClNO/c1-5-20-18(14-9-12(2)8-13(3)10-14)16-11-15(19)6-7-17(16)21-4/h6-7,11-14,18,20H,5,8-10H2,1-4H3. The van der Waals surface area contributed by atoms with E-state index in [2.05, 4.69) is 32.2 Å². The number of methoxy groups -OCH3 is 1. The topological polar surface area (TPSA) is 21.3 Å². The van der Waals surface area contributed by atoms with E-state index < -0.39 is 0 Å². The predicted molar refractivity (Wildman–Crippen MR) is 90.1 cm³/mol. The van der Waals surface area contributed by atoms with E-state index in [0.29, 0.717) is 12.0 Å². The summed E-state index contributed by atoms with van der Waals surface area (Å²) in [5.41, 5.74) is 1.21. The van der Waals surface area contributed by atoms with Crippen LogP contribution in [0.25, 0.3) is 0 Å². The number of halogens is 1. The van der Waals surface area contributed by atoms with Gasteiger partial charge in [0, 0.05) is 16.6 Å². The Kier molecular flexibility index (Phi) is 5.95. The average Bonchev–Trinajstić information content (AvgIpc) is 2.43. The first-order valence-corrected chi connectivity index (χ1v) is 8.49. The second-order valence-electron chi connectivity index (χ2n) is 6.60. The molecule has 0 saturated heterocycles. The summed E-state index contributed by atoms with van der Waals surface area (Å²) >= 11 is 6.23. The lowest BCUT2D eigenvalue weighted by Gasteiger charge is -2.37. The second kappa shape index (κ2) is 7.51. The molecule has 21 heavy (non-hydrogen) atoms. The monoisotopic (exact) mass is 309 g/mol. The molecular formula is C18H28ClNO. The molecule has 0 amide bonds. The second-order valence-corrected chi connectivity index (χ2v) is 7.04. The van der Waals surface area contributed by atoms with Gasteiger partial charge < -0.3 is 10.1 Å². The SMILES string of the molecule is CCNC(c1cc(Cl)ccc1OC)C1CC(C)CC(C)C1. The van der Waals surface area contributed by atoms with Crippen molar-refractivity contribution < 1.29 is 4.74 Å². The highest BCUT2D eigenvalue weighted by Gasteiger charge is 2.32. The van der Waals surface area contributed by atoms with Crippen molar-refractivity contribution in [3.05, 3.63) is 28.8 Å². The lowest BCUT2D eigenvalue weighted by Crippen LogP contribution is -2.33. The van der Waals surface area contributed by atoms with Gasteiger partial charge in [-0.25, -0.2) is 0 Å². The molecule has 0 bridgehead atoms. The number of hydrogen-bond acceptors (Lipinski definition) is 2. The van der Waals surface area contributed by atoms with Gasteiger partial charge in [-0.1, -0.05) is 32.4 Å². The van der Waals surface area contributed by atoms with Crippen LogP contribution >= 0.6 is 11.6 Å². The quantitative estimate of drug-likeness (QED) is 0.819. The molecule has 118 valence electrons. The maximum absolute atomic E-state index is 6.23. The van der Waals surface area contributed by atoms with E-state index >= 15 is 0 Å². The zero-order valence-corrected chi connectivity index (χ0v) is 14.4. The summed E-state index contributed by atoms with van der Waals surface area (Å²) < 4.78 is 5.57. The van der Waals surface area contributed by atoms with Gasteiger partial charge in [-0.2, -0.15) is 0 Å². The minimum Gasteiger partial charge on any atom is -0.496 e. The van der Waals surface area contributed by atoms with Crippen LogP contribution in [0.15, 0.2) is 18.2 Å². The zero-order chi connectivity index (χ0) is 15.4. The fourth-order valence-corrected chi connectivity index (χ4v) is 4.16. The number of rotatable bonds is 5. The van der Waals surface area contributed by atoms with Crippen LogP contribution in [0.1, 0.15) is 51.6 Å². The summed E-state index contributed by atoms with van der Waals surface area (Å²) in [5, 5.41) is 4.46. The summed E-state index contributed by atoms with van der Waals surface area (Å²) in [6.45, 7) is 7.88. The molecule has 1 N–H and O–H groups in total. The molecule has 0 aromatic heterocycles. The van der Waals surface area contributed by atoms with Gasteiger partial charge in [0.05, 0.1) is 7.11 Å². The highest BCUT2D eigenvalue weighted by molar-refractivity contribution is 6.30. The Balaban J connectivity index is 2.31. The van der Waals surface area contributed by atoms with E-state index in [1.54, 1.807) is 7.11 Å². The van der Waals surface area contributed by atoms with Gasteiger partial charge in [-0.15, -0.1) is 0 Å². The summed E-state index contributed by atoms with van der Waals surface area (Å²) in [6, 6.07) is 6.28. The predicted octanol–water partition coefficient (Wildman–Crippen LogP) is 5.07. The van der Waals surface area contributed by atoms with Crippen LogP contribution in [0.5, 0.6) is 5.75 Å². The highest BCUT2D eigenvalue weighted by atomic mass is 35.5. The van der Waals surface area contributed by atoms with Gasteiger partial charge in [0.25, 0.3) is 0 Å². The zero-order valence-electron chi connectivity index (χ0n) is 13.7. The molecule has 1 fully saturated rings. The van der Waals surface area contributed by atoms with Crippen molar-refractivity contribution in [1.82, 2.24) is 5.32 Å². The molecule has 3 unspecified atom stereocenters. The number of benzene rings is 1. The molecule has 0 aliphatic heterocycles. The van der Waals surface area contributed by atoms with Crippen molar-refractivity contribution in [1.29, 1.82) is 0 Å². The Morgan fingerprint density at radius 1 is 1.24 bits per heavy atom. The van der Waals surface area contributed by atoms with Gasteiger partial charge in [0.2, 0.25) is 0 Å². The van der Waals surface area contributed by atoms with E-state index in [-0.39, 0.29) is 0 Å². The summed E-state index contributed by atoms with van der Waals surface area (Å²) in [7, 11) is 1.74. The molecule has 1 aromatic rings. The third kappa shape index (κ3) is 4.14. The van der Waals surface area contributed by atoms with Crippen LogP contribution in [0.3, 0.4) is 0 Å². The molecule has 1 aromatic carbocycles. The Hall–Kier alpha value is -0.730. The van der Waals surface area contributed by atoms with Crippen LogP contribution in [0, 0.1) is 17.8 Å². The van der Waals surface area contributed by atoms with Crippen LogP contribution < -0.4 is 10.1 Å². The fourth-order valence-electron chi connectivity index (χ4n) is 3.98. The fraction of sp³-hybridized carbons (Fsp3) is 0.667. The van der Waals surface area contributed by atoms with Crippen molar-refractivity contribution in [3.8, 4) is 5.75 Å². The van der Waals surface area contributed by atoms with E-state index in [1.807, 2.05) is 12.1 Å². The number of hydrogen-bond donors (Lipinski definition) is 1. The molecule has 1 aliphatic carbocycles. The first-order chi connectivity index (χ1) is 10.0.